The summed E-state index contributed by atoms with van der Waals surface area (Å²) >= 11 is 3.25. The van der Waals surface area contributed by atoms with E-state index in [0.717, 1.165) is 11.4 Å². The van der Waals surface area contributed by atoms with E-state index < -0.39 is 0 Å². The third-order valence-corrected chi connectivity index (χ3v) is 2.92. The Labute approximate surface area is 119 Å². The van der Waals surface area contributed by atoms with Crippen LogP contribution in [-0.4, -0.2) is 12.6 Å². The van der Waals surface area contributed by atoms with Gasteiger partial charge in [0.25, 0.3) is 0 Å². The molecule has 0 aliphatic rings. The van der Waals surface area contributed by atoms with Crippen molar-refractivity contribution in [1.29, 1.82) is 0 Å². The van der Waals surface area contributed by atoms with Crippen molar-refractivity contribution in [1.82, 2.24) is 0 Å². The Bertz CT molecular complexity index is 548. The van der Waals surface area contributed by atoms with Gasteiger partial charge in [-0.25, -0.2) is 4.79 Å². The minimum Gasteiger partial charge on any atom is -0.462 e. The van der Waals surface area contributed by atoms with Gasteiger partial charge in [0.1, 0.15) is 5.76 Å². The molecule has 0 amide bonds. The number of hydrogen-bond donors (Lipinski definition) is 1. The molecule has 2 rings (SSSR count). The summed E-state index contributed by atoms with van der Waals surface area (Å²) in [6, 6.07) is 10.9. The molecular weight excluding hydrogens is 310 g/mol. The van der Waals surface area contributed by atoms with E-state index >= 15 is 0 Å². The molecule has 0 radical (unpaired) electrons. The van der Waals surface area contributed by atoms with Crippen molar-refractivity contribution in [2.45, 2.75) is 13.5 Å². The normalized spacial score (nSPS) is 10.2. The molecule has 0 saturated heterocycles. The first-order chi connectivity index (χ1) is 9.19. The third kappa shape index (κ3) is 3.86. The first-order valence-corrected chi connectivity index (χ1v) is 6.73. The number of anilines is 1. The molecule has 0 bridgehead atoms. The number of benzene rings is 1. The second kappa shape index (κ2) is 6.43. The van der Waals surface area contributed by atoms with Gasteiger partial charge in [0.15, 0.2) is 4.67 Å². The highest BCUT2D eigenvalue weighted by atomic mass is 79.9. The van der Waals surface area contributed by atoms with Crippen LogP contribution in [0.3, 0.4) is 0 Å². The van der Waals surface area contributed by atoms with Gasteiger partial charge in [-0.3, -0.25) is 0 Å². The average molecular weight is 324 g/mol. The number of halogens is 1. The molecule has 0 saturated carbocycles. The predicted octanol–water partition coefficient (Wildman–Crippen LogP) is 3.83. The Kier molecular flexibility index (Phi) is 4.63. The van der Waals surface area contributed by atoms with Crippen LogP contribution < -0.4 is 5.32 Å². The molecule has 4 nitrogen and oxygen atoms in total. The van der Waals surface area contributed by atoms with E-state index in [1.807, 2.05) is 24.3 Å². The van der Waals surface area contributed by atoms with Crippen LogP contribution in [0.4, 0.5) is 5.69 Å². The smallest absolute Gasteiger partial charge is 0.338 e. The van der Waals surface area contributed by atoms with Crippen molar-refractivity contribution in [2.24, 2.45) is 0 Å². The van der Waals surface area contributed by atoms with Crippen molar-refractivity contribution < 1.29 is 13.9 Å². The van der Waals surface area contributed by atoms with Gasteiger partial charge in [-0.15, -0.1) is 0 Å². The molecule has 1 heterocycles. The highest BCUT2D eigenvalue weighted by Crippen LogP contribution is 2.16. The van der Waals surface area contributed by atoms with E-state index in [1.165, 1.54) is 0 Å². The average Bonchev–Trinajstić information content (AvgIpc) is 2.83. The van der Waals surface area contributed by atoms with Crippen LogP contribution in [0.2, 0.25) is 0 Å². The highest BCUT2D eigenvalue weighted by Gasteiger charge is 2.05. The standard InChI is InChI=1S/C14H14BrNO3/c1-2-18-14(17)10-3-5-11(6-4-10)16-9-12-7-8-13(15)19-12/h3-8,16H,2,9H2,1H3. The molecule has 1 aromatic heterocycles. The fourth-order valence-electron chi connectivity index (χ4n) is 1.57. The fourth-order valence-corrected chi connectivity index (χ4v) is 1.91. The molecule has 0 atom stereocenters. The van der Waals surface area contributed by atoms with Gasteiger partial charge in [-0.1, -0.05) is 0 Å². The molecule has 5 heteroatoms. The number of nitrogens with one attached hydrogen (secondary N) is 1. The van der Waals surface area contributed by atoms with Crippen LogP contribution >= 0.6 is 15.9 Å². The molecule has 0 unspecified atom stereocenters. The van der Waals surface area contributed by atoms with Gasteiger partial charge in [-0.05, 0) is 59.3 Å². The molecule has 0 aliphatic carbocycles. The number of esters is 1. The summed E-state index contributed by atoms with van der Waals surface area (Å²) in [5, 5.41) is 3.21. The lowest BCUT2D eigenvalue weighted by atomic mass is 10.2. The topological polar surface area (TPSA) is 51.5 Å². The van der Waals surface area contributed by atoms with Crippen molar-refractivity contribution in [3.05, 3.63) is 52.4 Å². The van der Waals surface area contributed by atoms with Crippen LogP contribution in [0.15, 0.2) is 45.5 Å². The number of carbonyl (C=O) groups is 1. The zero-order chi connectivity index (χ0) is 13.7. The van der Waals surface area contributed by atoms with Gasteiger partial charge < -0.3 is 14.5 Å². The minimum atomic E-state index is -0.302. The molecule has 19 heavy (non-hydrogen) atoms. The summed E-state index contributed by atoms with van der Waals surface area (Å²) in [5.41, 5.74) is 1.47. The van der Waals surface area contributed by atoms with Gasteiger partial charge in [0.05, 0.1) is 18.7 Å². The molecule has 1 aromatic carbocycles. The SMILES string of the molecule is CCOC(=O)c1ccc(NCc2ccc(Br)o2)cc1. The maximum Gasteiger partial charge on any atom is 0.338 e. The Morgan fingerprint density at radius 1 is 1.26 bits per heavy atom. The Morgan fingerprint density at radius 3 is 2.58 bits per heavy atom. The van der Waals surface area contributed by atoms with Crippen molar-refractivity contribution in [3.63, 3.8) is 0 Å². The van der Waals surface area contributed by atoms with Gasteiger partial charge in [0, 0.05) is 5.69 Å². The Morgan fingerprint density at radius 2 is 2.00 bits per heavy atom. The first-order valence-electron chi connectivity index (χ1n) is 5.94. The molecular formula is C14H14BrNO3. The Hall–Kier alpha value is -1.75. The summed E-state index contributed by atoms with van der Waals surface area (Å²) in [5.74, 6) is 0.533. The van der Waals surface area contributed by atoms with Gasteiger partial charge in [0.2, 0.25) is 0 Å². The Balaban J connectivity index is 1.93. The summed E-state index contributed by atoms with van der Waals surface area (Å²) in [4.78, 5) is 11.5. The van der Waals surface area contributed by atoms with E-state index in [-0.39, 0.29) is 5.97 Å². The van der Waals surface area contributed by atoms with Gasteiger partial charge >= 0.3 is 5.97 Å². The number of hydrogen-bond acceptors (Lipinski definition) is 4. The molecule has 0 aliphatic heterocycles. The van der Waals surface area contributed by atoms with Crippen molar-refractivity contribution in [3.8, 4) is 0 Å². The lowest BCUT2D eigenvalue weighted by Gasteiger charge is -2.06. The molecule has 1 N–H and O–H groups in total. The highest BCUT2D eigenvalue weighted by molar-refractivity contribution is 9.10. The summed E-state index contributed by atoms with van der Waals surface area (Å²) in [6.45, 7) is 2.76. The van der Waals surface area contributed by atoms with Crippen LogP contribution in [0.1, 0.15) is 23.0 Å². The maximum absolute atomic E-state index is 11.5. The fraction of sp³-hybridized carbons (Fsp3) is 0.214. The number of rotatable bonds is 5. The third-order valence-electron chi connectivity index (χ3n) is 2.49. The number of ether oxygens (including phenoxy) is 1. The molecule has 0 fully saturated rings. The number of furan rings is 1. The van der Waals surface area contributed by atoms with Crippen LogP contribution in [0.5, 0.6) is 0 Å². The van der Waals surface area contributed by atoms with Crippen LogP contribution in [-0.2, 0) is 11.3 Å². The number of carbonyl (C=O) groups excluding carboxylic acids is 1. The summed E-state index contributed by atoms with van der Waals surface area (Å²) in [6.07, 6.45) is 0. The van der Waals surface area contributed by atoms with Gasteiger partial charge in [-0.2, -0.15) is 0 Å². The van der Waals surface area contributed by atoms with E-state index in [4.69, 9.17) is 9.15 Å². The van der Waals surface area contributed by atoms with E-state index in [9.17, 15) is 4.79 Å². The zero-order valence-corrected chi connectivity index (χ0v) is 12.1. The van der Waals surface area contributed by atoms with E-state index in [0.29, 0.717) is 23.4 Å². The molecule has 0 spiro atoms. The van der Waals surface area contributed by atoms with Crippen LogP contribution in [0, 0.1) is 0 Å². The molecule has 2 aromatic rings. The molecule has 100 valence electrons. The largest absolute Gasteiger partial charge is 0.462 e. The van der Waals surface area contributed by atoms with Crippen molar-refractivity contribution >= 4 is 27.6 Å². The minimum absolute atomic E-state index is 0.302. The van der Waals surface area contributed by atoms with Crippen LogP contribution in [0.25, 0.3) is 0 Å². The second-order valence-corrected chi connectivity index (χ2v) is 4.64. The van der Waals surface area contributed by atoms with E-state index in [1.54, 1.807) is 19.1 Å². The lowest BCUT2D eigenvalue weighted by Crippen LogP contribution is -2.05. The summed E-state index contributed by atoms with van der Waals surface area (Å²) < 4.78 is 11.0. The maximum atomic E-state index is 11.5. The monoisotopic (exact) mass is 323 g/mol. The second-order valence-electron chi connectivity index (χ2n) is 3.86. The predicted molar refractivity (Wildman–Crippen MR) is 76.1 cm³/mol. The van der Waals surface area contributed by atoms with E-state index in [2.05, 4.69) is 21.2 Å². The quantitative estimate of drug-likeness (QED) is 0.849. The summed E-state index contributed by atoms with van der Waals surface area (Å²) in [7, 11) is 0. The zero-order valence-electron chi connectivity index (χ0n) is 10.5. The van der Waals surface area contributed by atoms with Crippen molar-refractivity contribution in [2.75, 3.05) is 11.9 Å². The lowest BCUT2D eigenvalue weighted by molar-refractivity contribution is 0.0526. The first kappa shape index (κ1) is 13.7.